The molecule has 0 bridgehead atoms. The molecule has 0 aromatic rings. The van der Waals surface area contributed by atoms with E-state index in [1.807, 2.05) is 6.92 Å². The number of hydrogen-bond donors (Lipinski definition) is 1. The van der Waals surface area contributed by atoms with Crippen molar-refractivity contribution in [1.82, 2.24) is 10.2 Å². The minimum atomic E-state index is -0.383. The van der Waals surface area contributed by atoms with Gasteiger partial charge in [0.25, 0.3) is 0 Å². The van der Waals surface area contributed by atoms with Gasteiger partial charge in [-0.3, -0.25) is 5.32 Å². The lowest BCUT2D eigenvalue weighted by atomic mass is 9.91. The summed E-state index contributed by atoms with van der Waals surface area (Å²) in [6.45, 7) is 10.4. The number of piperidine rings is 1. The van der Waals surface area contributed by atoms with Crippen LogP contribution in [0.1, 0.15) is 46.5 Å². The smallest absolute Gasteiger partial charge is 0.116 e. The Hall–Kier alpha value is -0.590. The number of hydrogen-bond acceptors (Lipinski definition) is 3. The molecular formula is C14H27N3. The van der Waals surface area contributed by atoms with Gasteiger partial charge in [0.2, 0.25) is 0 Å². The summed E-state index contributed by atoms with van der Waals surface area (Å²) in [5.74, 6) is 0.920. The van der Waals surface area contributed by atoms with Crippen molar-refractivity contribution in [2.75, 3.05) is 26.2 Å². The molecule has 0 aliphatic carbocycles. The van der Waals surface area contributed by atoms with Gasteiger partial charge in [-0.05, 0) is 45.3 Å². The highest BCUT2D eigenvalue weighted by Crippen LogP contribution is 2.22. The average Bonchev–Trinajstić information content (AvgIpc) is 2.32. The maximum atomic E-state index is 9.24. The van der Waals surface area contributed by atoms with E-state index in [1.165, 1.54) is 25.7 Å². The van der Waals surface area contributed by atoms with E-state index in [0.29, 0.717) is 0 Å². The predicted octanol–water partition coefficient (Wildman–Crippen LogP) is 2.39. The standard InChI is InChI=1S/C14H27N3/c1-4-6-13-7-9-17(10-8-13)12-14(3,11-15)16-5-2/h13,16H,4-10,12H2,1-3H3. The quantitative estimate of drug-likeness (QED) is 0.771. The molecule has 0 aromatic heterocycles. The van der Waals surface area contributed by atoms with Crippen molar-refractivity contribution < 1.29 is 0 Å². The summed E-state index contributed by atoms with van der Waals surface area (Å²) in [6, 6.07) is 2.41. The largest absolute Gasteiger partial charge is 0.300 e. The first-order chi connectivity index (χ1) is 8.13. The highest BCUT2D eigenvalue weighted by atomic mass is 15.2. The molecule has 1 aliphatic rings. The van der Waals surface area contributed by atoms with E-state index in [1.54, 1.807) is 0 Å². The Bertz CT molecular complexity index is 251. The molecule has 1 N–H and O–H groups in total. The summed E-state index contributed by atoms with van der Waals surface area (Å²) in [5, 5.41) is 12.5. The molecule has 0 radical (unpaired) electrons. The Morgan fingerprint density at radius 2 is 2.00 bits per heavy atom. The third kappa shape index (κ3) is 4.65. The molecular weight excluding hydrogens is 210 g/mol. The number of nitrogens with one attached hydrogen (secondary N) is 1. The highest BCUT2D eigenvalue weighted by Gasteiger charge is 2.28. The predicted molar refractivity (Wildman–Crippen MR) is 71.8 cm³/mol. The first-order valence-electron chi connectivity index (χ1n) is 7.02. The van der Waals surface area contributed by atoms with Crippen LogP contribution in [0, 0.1) is 17.2 Å². The van der Waals surface area contributed by atoms with Crippen LogP contribution in [0.2, 0.25) is 0 Å². The second-order valence-corrected chi connectivity index (χ2v) is 5.48. The Kier molecular flexibility index (Phi) is 5.94. The molecule has 1 heterocycles. The molecule has 1 saturated heterocycles. The number of rotatable bonds is 6. The molecule has 1 atom stereocenters. The zero-order valence-electron chi connectivity index (χ0n) is 11.6. The van der Waals surface area contributed by atoms with Crippen molar-refractivity contribution in [3.8, 4) is 6.07 Å². The van der Waals surface area contributed by atoms with Crippen molar-refractivity contribution in [2.24, 2.45) is 5.92 Å². The molecule has 1 fully saturated rings. The number of likely N-dealkylation sites (N-methyl/N-ethyl adjacent to an activating group) is 1. The third-order valence-corrected chi connectivity index (χ3v) is 3.76. The first kappa shape index (κ1) is 14.5. The zero-order valence-corrected chi connectivity index (χ0v) is 11.6. The molecule has 3 nitrogen and oxygen atoms in total. The van der Waals surface area contributed by atoms with Crippen LogP contribution < -0.4 is 5.32 Å². The Morgan fingerprint density at radius 3 is 2.47 bits per heavy atom. The summed E-state index contributed by atoms with van der Waals surface area (Å²) in [5.41, 5.74) is -0.383. The summed E-state index contributed by atoms with van der Waals surface area (Å²) in [7, 11) is 0. The van der Waals surface area contributed by atoms with Gasteiger partial charge < -0.3 is 4.90 Å². The monoisotopic (exact) mass is 237 g/mol. The molecule has 17 heavy (non-hydrogen) atoms. The second kappa shape index (κ2) is 6.98. The molecule has 98 valence electrons. The van der Waals surface area contributed by atoms with Gasteiger partial charge in [-0.2, -0.15) is 5.26 Å². The SMILES string of the molecule is CCCC1CCN(CC(C)(C#N)NCC)CC1. The number of likely N-dealkylation sites (tertiary alicyclic amines) is 1. The molecule has 0 amide bonds. The van der Waals surface area contributed by atoms with Crippen LogP contribution >= 0.6 is 0 Å². The van der Waals surface area contributed by atoms with E-state index in [2.05, 4.69) is 30.1 Å². The van der Waals surface area contributed by atoms with Crippen molar-refractivity contribution in [1.29, 1.82) is 5.26 Å². The maximum Gasteiger partial charge on any atom is 0.116 e. The van der Waals surface area contributed by atoms with Crippen LogP contribution in [0.5, 0.6) is 0 Å². The van der Waals surface area contributed by atoms with Crippen molar-refractivity contribution in [2.45, 2.75) is 52.0 Å². The van der Waals surface area contributed by atoms with Gasteiger partial charge in [-0.1, -0.05) is 26.7 Å². The highest BCUT2D eigenvalue weighted by molar-refractivity contribution is 5.05. The van der Waals surface area contributed by atoms with Crippen LogP contribution in [0.3, 0.4) is 0 Å². The second-order valence-electron chi connectivity index (χ2n) is 5.48. The van der Waals surface area contributed by atoms with Crippen molar-refractivity contribution in [3.63, 3.8) is 0 Å². The lowest BCUT2D eigenvalue weighted by Gasteiger charge is -2.36. The Balaban J connectivity index is 2.37. The minimum Gasteiger partial charge on any atom is -0.300 e. The van der Waals surface area contributed by atoms with E-state index < -0.39 is 0 Å². The fourth-order valence-corrected chi connectivity index (χ4v) is 2.81. The van der Waals surface area contributed by atoms with Crippen LogP contribution in [0.4, 0.5) is 0 Å². The summed E-state index contributed by atoms with van der Waals surface area (Å²) in [6.07, 6.45) is 5.29. The van der Waals surface area contributed by atoms with Crippen LogP contribution in [0.25, 0.3) is 0 Å². The van der Waals surface area contributed by atoms with Crippen molar-refractivity contribution in [3.05, 3.63) is 0 Å². The summed E-state index contributed by atoms with van der Waals surface area (Å²) in [4.78, 5) is 2.44. The third-order valence-electron chi connectivity index (χ3n) is 3.76. The van der Waals surface area contributed by atoms with E-state index in [4.69, 9.17) is 0 Å². The summed E-state index contributed by atoms with van der Waals surface area (Å²) >= 11 is 0. The first-order valence-corrected chi connectivity index (χ1v) is 7.02. The molecule has 1 unspecified atom stereocenters. The van der Waals surface area contributed by atoms with E-state index in [9.17, 15) is 5.26 Å². The topological polar surface area (TPSA) is 39.1 Å². The normalized spacial score (nSPS) is 22.0. The Labute approximate surface area is 106 Å². The average molecular weight is 237 g/mol. The molecule has 0 saturated carbocycles. The van der Waals surface area contributed by atoms with Crippen LogP contribution in [-0.4, -0.2) is 36.6 Å². The molecule has 3 heteroatoms. The van der Waals surface area contributed by atoms with Gasteiger partial charge >= 0.3 is 0 Å². The maximum absolute atomic E-state index is 9.24. The molecule has 0 aromatic carbocycles. The summed E-state index contributed by atoms with van der Waals surface area (Å²) < 4.78 is 0. The fraction of sp³-hybridized carbons (Fsp3) is 0.929. The molecule has 1 rings (SSSR count). The molecule has 1 aliphatic heterocycles. The van der Waals surface area contributed by atoms with Gasteiger partial charge in [-0.25, -0.2) is 0 Å². The van der Waals surface area contributed by atoms with Gasteiger partial charge in [0.1, 0.15) is 5.54 Å². The van der Waals surface area contributed by atoms with Crippen LogP contribution in [-0.2, 0) is 0 Å². The minimum absolute atomic E-state index is 0.383. The molecule has 0 spiro atoms. The number of nitriles is 1. The van der Waals surface area contributed by atoms with E-state index in [-0.39, 0.29) is 5.54 Å². The van der Waals surface area contributed by atoms with Gasteiger partial charge in [0, 0.05) is 6.54 Å². The fourth-order valence-electron chi connectivity index (χ4n) is 2.81. The zero-order chi connectivity index (χ0) is 12.7. The van der Waals surface area contributed by atoms with E-state index in [0.717, 1.165) is 32.1 Å². The van der Waals surface area contributed by atoms with Crippen LogP contribution in [0.15, 0.2) is 0 Å². The lowest BCUT2D eigenvalue weighted by Crippen LogP contribution is -2.52. The van der Waals surface area contributed by atoms with Gasteiger partial charge in [0.15, 0.2) is 0 Å². The Morgan fingerprint density at radius 1 is 1.35 bits per heavy atom. The van der Waals surface area contributed by atoms with Gasteiger partial charge in [0.05, 0.1) is 6.07 Å². The lowest BCUT2D eigenvalue weighted by molar-refractivity contribution is 0.152. The number of nitrogens with zero attached hydrogens (tertiary/aromatic N) is 2. The van der Waals surface area contributed by atoms with Gasteiger partial charge in [-0.15, -0.1) is 0 Å². The van der Waals surface area contributed by atoms with E-state index >= 15 is 0 Å². The van der Waals surface area contributed by atoms with Crippen molar-refractivity contribution >= 4 is 0 Å².